The number of likely N-dealkylation sites (tertiary alicyclic amines) is 1. The summed E-state index contributed by atoms with van der Waals surface area (Å²) < 4.78 is 0. The van der Waals surface area contributed by atoms with Crippen LogP contribution in [-0.2, 0) is 22.4 Å². The summed E-state index contributed by atoms with van der Waals surface area (Å²) in [7, 11) is 0. The fraction of sp³-hybridized carbons (Fsp3) is 0.500. The molecule has 2 aromatic heterocycles. The molecule has 1 saturated carbocycles. The Labute approximate surface area is 170 Å². The molecule has 0 bridgehead atoms. The highest BCUT2D eigenvalue weighted by Crippen LogP contribution is 2.33. The number of carbonyl (C=O) groups excluding carboxylic acids is 2. The monoisotopic (exact) mass is 391 g/mol. The zero-order chi connectivity index (χ0) is 19.8. The Balaban J connectivity index is 1.32. The summed E-state index contributed by atoms with van der Waals surface area (Å²) in [6.45, 7) is 0. The van der Waals surface area contributed by atoms with Gasteiger partial charge in [-0.2, -0.15) is 0 Å². The van der Waals surface area contributed by atoms with Crippen molar-refractivity contribution in [1.82, 2.24) is 19.9 Å². The first-order chi connectivity index (χ1) is 14.2. The number of anilines is 1. The summed E-state index contributed by atoms with van der Waals surface area (Å²) in [5.41, 5.74) is 3.37. The lowest BCUT2D eigenvalue weighted by atomic mass is 9.90. The lowest BCUT2D eigenvalue weighted by Gasteiger charge is -2.34. The van der Waals surface area contributed by atoms with E-state index in [1.165, 1.54) is 10.5 Å². The molecule has 1 N–H and O–H groups in total. The zero-order valence-electron chi connectivity index (χ0n) is 16.4. The molecule has 2 aliphatic carbocycles. The van der Waals surface area contributed by atoms with Crippen LogP contribution in [0.15, 0.2) is 24.5 Å². The number of hydrogen-bond acceptors (Lipinski definition) is 6. The van der Waals surface area contributed by atoms with Crippen LogP contribution in [0.3, 0.4) is 0 Å². The summed E-state index contributed by atoms with van der Waals surface area (Å²) in [6, 6.07) is 4.26. The molecule has 0 aromatic carbocycles. The zero-order valence-corrected chi connectivity index (χ0v) is 16.4. The SMILES string of the molecule is O=C1CCC(=O)N1C1CCC(Nc2nc(-c3ccncc3)nc3c2CCC3)CC1. The predicted molar refractivity (Wildman–Crippen MR) is 108 cm³/mol. The Bertz CT molecular complexity index is 922. The molecule has 7 nitrogen and oxygen atoms in total. The van der Waals surface area contributed by atoms with E-state index < -0.39 is 0 Å². The number of pyridine rings is 1. The van der Waals surface area contributed by atoms with Crippen LogP contribution < -0.4 is 5.32 Å². The second-order valence-electron chi connectivity index (χ2n) is 8.22. The van der Waals surface area contributed by atoms with Gasteiger partial charge in [-0.25, -0.2) is 9.97 Å². The quantitative estimate of drug-likeness (QED) is 0.807. The van der Waals surface area contributed by atoms with Crippen molar-refractivity contribution in [1.29, 1.82) is 0 Å². The van der Waals surface area contributed by atoms with E-state index >= 15 is 0 Å². The van der Waals surface area contributed by atoms with Crippen LogP contribution in [0.2, 0.25) is 0 Å². The van der Waals surface area contributed by atoms with Crippen molar-refractivity contribution in [3.63, 3.8) is 0 Å². The Hall–Kier alpha value is -2.83. The molecule has 7 heteroatoms. The molecular weight excluding hydrogens is 366 g/mol. The van der Waals surface area contributed by atoms with Crippen molar-refractivity contribution in [2.24, 2.45) is 0 Å². The minimum atomic E-state index is 0.00187. The van der Waals surface area contributed by atoms with Crippen molar-refractivity contribution in [2.75, 3.05) is 5.32 Å². The highest BCUT2D eigenvalue weighted by atomic mass is 16.2. The maximum absolute atomic E-state index is 12.0. The van der Waals surface area contributed by atoms with Gasteiger partial charge in [0.05, 0.1) is 0 Å². The molecule has 1 saturated heterocycles. The van der Waals surface area contributed by atoms with Crippen molar-refractivity contribution in [3.8, 4) is 11.4 Å². The highest BCUT2D eigenvalue weighted by Gasteiger charge is 2.37. The van der Waals surface area contributed by atoms with Gasteiger partial charge in [-0.1, -0.05) is 0 Å². The van der Waals surface area contributed by atoms with E-state index in [-0.39, 0.29) is 17.9 Å². The average molecular weight is 391 g/mol. The second-order valence-corrected chi connectivity index (χ2v) is 8.22. The number of fused-ring (bicyclic) bond motifs is 1. The molecule has 1 aliphatic heterocycles. The average Bonchev–Trinajstić information content (AvgIpc) is 3.36. The van der Waals surface area contributed by atoms with E-state index in [4.69, 9.17) is 9.97 Å². The number of rotatable bonds is 4. The highest BCUT2D eigenvalue weighted by molar-refractivity contribution is 6.02. The number of nitrogens with zero attached hydrogens (tertiary/aromatic N) is 4. The van der Waals surface area contributed by atoms with Crippen LogP contribution in [-0.4, -0.2) is 43.7 Å². The van der Waals surface area contributed by atoms with Crippen molar-refractivity contribution >= 4 is 17.6 Å². The van der Waals surface area contributed by atoms with Crippen LogP contribution in [0.25, 0.3) is 11.4 Å². The number of carbonyl (C=O) groups is 2. The normalized spacial score (nSPS) is 24.1. The molecule has 2 fully saturated rings. The number of aromatic nitrogens is 3. The van der Waals surface area contributed by atoms with Crippen LogP contribution in [0, 0.1) is 0 Å². The summed E-state index contributed by atoms with van der Waals surface area (Å²) in [6.07, 6.45) is 11.0. The lowest BCUT2D eigenvalue weighted by molar-refractivity contribution is -0.141. The number of amides is 2. The summed E-state index contributed by atoms with van der Waals surface area (Å²) in [5.74, 6) is 1.71. The van der Waals surface area contributed by atoms with Gasteiger partial charge in [-0.05, 0) is 57.1 Å². The Morgan fingerprint density at radius 2 is 1.62 bits per heavy atom. The lowest BCUT2D eigenvalue weighted by Crippen LogP contribution is -2.43. The van der Waals surface area contributed by atoms with Crippen LogP contribution >= 0.6 is 0 Å². The summed E-state index contributed by atoms with van der Waals surface area (Å²) in [5, 5.41) is 3.67. The third kappa shape index (κ3) is 3.50. The largest absolute Gasteiger partial charge is 0.367 e. The molecule has 29 heavy (non-hydrogen) atoms. The summed E-state index contributed by atoms with van der Waals surface area (Å²) in [4.78, 5) is 39.3. The van der Waals surface area contributed by atoms with Gasteiger partial charge in [-0.15, -0.1) is 0 Å². The van der Waals surface area contributed by atoms with Gasteiger partial charge in [0.15, 0.2) is 5.82 Å². The molecule has 0 radical (unpaired) electrons. The number of aryl methyl sites for hydroxylation is 1. The third-order valence-corrected chi connectivity index (χ3v) is 6.36. The van der Waals surface area contributed by atoms with Crippen molar-refractivity contribution in [3.05, 3.63) is 35.8 Å². The molecule has 5 rings (SSSR count). The van der Waals surface area contributed by atoms with Crippen LogP contribution in [0.4, 0.5) is 5.82 Å². The number of imide groups is 1. The van der Waals surface area contributed by atoms with E-state index in [0.717, 1.165) is 67.8 Å². The van der Waals surface area contributed by atoms with Gasteiger partial charge in [0.25, 0.3) is 0 Å². The first kappa shape index (κ1) is 18.2. The molecule has 2 aromatic rings. The first-order valence-electron chi connectivity index (χ1n) is 10.6. The maximum atomic E-state index is 12.0. The smallest absolute Gasteiger partial charge is 0.229 e. The standard InChI is InChI=1S/C22H25N5O2/c28-19-8-9-20(29)27(19)16-6-4-15(5-7-16)24-22-17-2-1-3-18(17)25-21(26-22)14-10-12-23-13-11-14/h10-13,15-16H,1-9H2,(H,24,25,26). The molecular formula is C22H25N5O2. The van der Waals surface area contributed by atoms with Crippen LogP contribution in [0.5, 0.6) is 0 Å². The fourth-order valence-electron chi connectivity index (χ4n) is 4.85. The van der Waals surface area contributed by atoms with Gasteiger partial charge in [0, 0.05) is 54.1 Å². The first-order valence-corrected chi connectivity index (χ1v) is 10.6. The number of nitrogens with one attached hydrogen (secondary N) is 1. The van der Waals surface area contributed by atoms with Gasteiger partial charge >= 0.3 is 0 Å². The maximum Gasteiger partial charge on any atom is 0.229 e. The molecule has 150 valence electrons. The van der Waals surface area contributed by atoms with Gasteiger partial charge < -0.3 is 5.32 Å². The molecule has 3 aliphatic rings. The van der Waals surface area contributed by atoms with E-state index in [1.54, 1.807) is 12.4 Å². The second kappa shape index (κ2) is 7.54. The van der Waals surface area contributed by atoms with Crippen LogP contribution in [0.1, 0.15) is 56.2 Å². The van der Waals surface area contributed by atoms with Crippen molar-refractivity contribution < 1.29 is 9.59 Å². The Morgan fingerprint density at radius 1 is 0.897 bits per heavy atom. The molecule has 3 heterocycles. The molecule has 2 amide bonds. The topological polar surface area (TPSA) is 88.1 Å². The van der Waals surface area contributed by atoms with Gasteiger partial charge in [0.1, 0.15) is 5.82 Å². The van der Waals surface area contributed by atoms with Crippen molar-refractivity contribution in [2.45, 2.75) is 69.9 Å². The van der Waals surface area contributed by atoms with Gasteiger partial charge in [-0.3, -0.25) is 19.5 Å². The Morgan fingerprint density at radius 3 is 2.34 bits per heavy atom. The minimum Gasteiger partial charge on any atom is -0.367 e. The molecule has 0 atom stereocenters. The van der Waals surface area contributed by atoms with E-state index in [9.17, 15) is 9.59 Å². The fourth-order valence-corrected chi connectivity index (χ4v) is 4.85. The Kier molecular flexibility index (Phi) is 4.73. The summed E-state index contributed by atoms with van der Waals surface area (Å²) >= 11 is 0. The van der Waals surface area contributed by atoms with E-state index in [2.05, 4.69) is 10.3 Å². The minimum absolute atomic E-state index is 0.00187. The number of hydrogen-bond donors (Lipinski definition) is 1. The van der Waals surface area contributed by atoms with E-state index in [1.807, 2.05) is 12.1 Å². The van der Waals surface area contributed by atoms with E-state index in [0.29, 0.717) is 18.9 Å². The third-order valence-electron chi connectivity index (χ3n) is 6.36. The predicted octanol–water partition coefficient (Wildman–Crippen LogP) is 2.90. The molecule has 0 unspecified atom stereocenters. The molecule has 0 spiro atoms. The van der Waals surface area contributed by atoms with Gasteiger partial charge in [0.2, 0.25) is 11.8 Å².